The van der Waals surface area contributed by atoms with Crippen molar-refractivity contribution in [2.45, 2.75) is 25.8 Å². The molecule has 26 heavy (non-hydrogen) atoms. The molecule has 6 heteroatoms. The topological polar surface area (TPSA) is 77.9 Å². The summed E-state index contributed by atoms with van der Waals surface area (Å²) in [6, 6.07) is 5.87. The van der Waals surface area contributed by atoms with Crippen molar-refractivity contribution in [3.05, 3.63) is 54.6 Å². The summed E-state index contributed by atoms with van der Waals surface area (Å²) in [6.45, 7) is 9.56. The van der Waals surface area contributed by atoms with Gasteiger partial charge in [-0.2, -0.15) is 0 Å². The van der Waals surface area contributed by atoms with Gasteiger partial charge in [-0.1, -0.05) is 19.2 Å². The Kier molecular flexibility index (Phi) is 7.77. The molecule has 0 radical (unpaired) electrons. The first-order valence-electron chi connectivity index (χ1n) is 8.28. The highest BCUT2D eigenvalue weighted by molar-refractivity contribution is 5.96. The standard InChI is InChI=1S/C20H26N2O4/c1-6-14(2)13-21(4)17-10-8-16(9-11-17)19(24)22(5)18(20(25)26)12-7-15(3)23/h6,8-11,18H,1-2,7,12-13H2,3-5H3,(H,25,26). The number of carboxylic acids is 1. The number of carboxylic acid groups (broad SMARTS) is 1. The van der Waals surface area contributed by atoms with Gasteiger partial charge in [0.05, 0.1) is 0 Å². The molecule has 0 aliphatic heterocycles. The molecule has 1 amide bonds. The summed E-state index contributed by atoms with van der Waals surface area (Å²) in [6.07, 6.45) is 1.90. The van der Waals surface area contributed by atoms with Crippen molar-refractivity contribution in [2.75, 3.05) is 25.5 Å². The normalized spacial score (nSPS) is 11.3. The lowest BCUT2D eigenvalue weighted by molar-refractivity contribution is -0.142. The van der Waals surface area contributed by atoms with E-state index >= 15 is 0 Å². The fraction of sp³-hybridized carbons (Fsp3) is 0.350. The SMILES string of the molecule is C=CC(=C)CN(C)c1ccc(C(=O)N(C)C(CCC(C)=O)C(=O)O)cc1. The third-order valence-corrected chi connectivity index (χ3v) is 4.13. The van der Waals surface area contributed by atoms with E-state index in [2.05, 4.69) is 13.2 Å². The Morgan fingerprint density at radius 1 is 1.19 bits per heavy atom. The van der Waals surface area contributed by atoms with E-state index in [0.29, 0.717) is 12.1 Å². The number of hydrogen-bond acceptors (Lipinski definition) is 4. The third-order valence-electron chi connectivity index (χ3n) is 4.13. The van der Waals surface area contributed by atoms with Crippen molar-refractivity contribution >= 4 is 23.3 Å². The number of nitrogens with zero attached hydrogens (tertiary/aromatic N) is 2. The number of aliphatic carboxylic acids is 1. The zero-order valence-corrected chi connectivity index (χ0v) is 15.6. The molecule has 0 aliphatic carbocycles. The largest absolute Gasteiger partial charge is 0.480 e. The van der Waals surface area contributed by atoms with Gasteiger partial charge >= 0.3 is 5.97 Å². The molecule has 140 valence electrons. The van der Waals surface area contributed by atoms with Crippen molar-refractivity contribution < 1.29 is 19.5 Å². The number of carbonyl (C=O) groups is 3. The fourth-order valence-electron chi connectivity index (χ4n) is 2.49. The molecule has 1 rings (SSSR count). The van der Waals surface area contributed by atoms with E-state index in [0.717, 1.165) is 11.3 Å². The first-order valence-corrected chi connectivity index (χ1v) is 8.28. The number of likely N-dealkylation sites (N-methyl/N-ethyl adjacent to an activating group) is 2. The zero-order valence-electron chi connectivity index (χ0n) is 15.6. The molecule has 0 heterocycles. The predicted octanol–water partition coefficient (Wildman–Crippen LogP) is 2.76. The van der Waals surface area contributed by atoms with Crippen LogP contribution in [0, 0.1) is 0 Å². The van der Waals surface area contributed by atoms with Crippen LogP contribution in [0.1, 0.15) is 30.1 Å². The molecule has 1 atom stereocenters. The van der Waals surface area contributed by atoms with Gasteiger partial charge in [-0.3, -0.25) is 4.79 Å². The molecule has 6 nitrogen and oxygen atoms in total. The Morgan fingerprint density at radius 3 is 2.23 bits per heavy atom. The second kappa shape index (κ2) is 9.56. The summed E-state index contributed by atoms with van der Waals surface area (Å²) in [5, 5.41) is 9.35. The maximum absolute atomic E-state index is 12.6. The van der Waals surface area contributed by atoms with Crippen LogP contribution in [-0.2, 0) is 9.59 Å². The Bertz CT molecular complexity index is 694. The predicted molar refractivity (Wildman–Crippen MR) is 102 cm³/mol. The van der Waals surface area contributed by atoms with Gasteiger partial charge in [0, 0.05) is 38.3 Å². The van der Waals surface area contributed by atoms with Gasteiger partial charge in [0.2, 0.25) is 0 Å². The van der Waals surface area contributed by atoms with Crippen LogP contribution in [0.4, 0.5) is 5.69 Å². The molecular weight excluding hydrogens is 332 g/mol. The van der Waals surface area contributed by atoms with Crippen molar-refractivity contribution in [3.63, 3.8) is 0 Å². The Balaban J connectivity index is 2.88. The molecule has 1 unspecified atom stereocenters. The number of amides is 1. The highest BCUT2D eigenvalue weighted by Gasteiger charge is 2.27. The molecule has 0 saturated heterocycles. The quantitative estimate of drug-likeness (QED) is 0.651. The zero-order chi connectivity index (χ0) is 19.9. The van der Waals surface area contributed by atoms with Crippen molar-refractivity contribution in [2.24, 2.45) is 0 Å². The number of carbonyl (C=O) groups excluding carboxylic acids is 2. The van der Waals surface area contributed by atoms with Gasteiger partial charge in [-0.05, 0) is 43.2 Å². The fourth-order valence-corrected chi connectivity index (χ4v) is 2.49. The minimum absolute atomic E-state index is 0.0946. The minimum atomic E-state index is -1.12. The Labute approximate surface area is 154 Å². The van der Waals surface area contributed by atoms with Crippen LogP contribution in [0.2, 0.25) is 0 Å². The second-order valence-corrected chi connectivity index (χ2v) is 6.28. The monoisotopic (exact) mass is 358 g/mol. The van der Waals surface area contributed by atoms with Crippen LogP contribution in [0.5, 0.6) is 0 Å². The van der Waals surface area contributed by atoms with Crippen LogP contribution in [-0.4, -0.2) is 54.3 Å². The average molecular weight is 358 g/mol. The van der Waals surface area contributed by atoms with E-state index in [9.17, 15) is 19.5 Å². The number of benzene rings is 1. The lowest BCUT2D eigenvalue weighted by atomic mass is 10.1. The summed E-state index contributed by atoms with van der Waals surface area (Å²) in [4.78, 5) is 38.3. The van der Waals surface area contributed by atoms with Gasteiger partial charge in [-0.25, -0.2) is 4.79 Å². The lowest BCUT2D eigenvalue weighted by Crippen LogP contribution is -2.42. The number of Topliss-reactive ketones (excluding diaryl/α,β-unsaturated/α-hetero) is 1. The summed E-state index contributed by atoms with van der Waals surface area (Å²) in [7, 11) is 3.34. The van der Waals surface area contributed by atoms with E-state index in [-0.39, 0.29) is 18.6 Å². The Hall–Kier alpha value is -2.89. The summed E-state index contributed by atoms with van der Waals surface area (Å²) in [5.41, 5.74) is 2.17. The van der Waals surface area contributed by atoms with Crippen LogP contribution in [0.3, 0.4) is 0 Å². The number of hydrogen-bond donors (Lipinski definition) is 1. The van der Waals surface area contributed by atoms with Crippen LogP contribution in [0.15, 0.2) is 49.1 Å². The summed E-state index contributed by atoms with van der Waals surface area (Å²) in [5.74, 6) is -1.63. The van der Waals surface area contributed by atoms with Crippen LogP contribution < -0.4 is 4.90 Å². The maximum Gasteiger partial charge on any atom is 0.326 e. The molecule has 0 aromatic heterocycles. The van der Waals surface area contributed by atoms with E-state index in [1.165, 1.54) is 18.9 Å². The summed E-state index contributed by atoms with van der Waals surface area (Å²) >= 11 is 0. The van der Waals surface area contributed by atoms with Crippen LogP contribution >= 0.6 is 0 Å². The van der Waals surface area contributed by atoms with Crippen LogP contribution in [0.25, 0.3) is 0 Å². The number of ketones is 1. The van der Waals surface area contributed by atoms with Gasteiger partial charge < -0.3 is 19.7 Å². The average Bonchev–Trinajstić information content (AvgIpc) is 2.60. The first kappa shape index (κ1) is 21.2. The molecule has 0 aliphatic rings. The number of anilines is 1. The summed E-state index contributed by atoms with van der Waals surface area (Å²) < 4.78 is 0. The molecule has 0 bridgehead atoms. The molecule has 0 spiro atoms. The molecule has 0 fully saturated rings. The van der Waals surface area contributed by atoms with Gasteiger partial charge in [0.15, 0.2) is 0 Å². The molecular formula is C20H26N2O4. The van der Waals surface area contributed by atoms with Crippen molar-refractivity contribution in [1.82, 2.24) is 4.90 Å². The second-order valence-electron chi connectivity index (χ2n) is 6.28. The lowest BCUT2D eigenvalue weighted by Gasteiger charge is -2.25. The van der Waals surface area contributed by atoms with Gasteiger partial charge in [-0.15, -0.1) is 0 Å². The van der Waals surface area contributed by atoms with E-state index in [4.69, 9.17) is 0 Å². The van der Waals surface area contributed by atoms with Gasteiger partial charge in [0.1, 0.15) is 11.8 Å². The third kappa shape index (κ3) is 5.88. The molecule has 1 aromatic carbocycles. The van der Waals surface area contributed by atoms with E-state index in [1.54, 1.807) is 30.3 Å². The number of rotatable bonds is 10. The van der Waals surface area contributed by atoms with Gasteiger partial charge in [0.25, 0.3) is 5.91 Å². The van der Waals surface area contributed by atoms with E-state index in [1.807, 2.05) is 11.9 Å². The molecule has 0 saturated carbocycles. The Morgan fingerprint density at radius 2 is 1.77 bits per heavy atom. The maximum atomic E-state index is 12.6. The smallest absolute Gasteiger partial charge is 0.326 e. The van der Waals surface area contributed by atoms with E-state index < -0.39 is 17.9 Å². The highest BCUT2D eigenvalue weighted by atomic mass is 16.4. The minimum Gasteiger partial charge on any atom is -0.480 e. The van der Waals surface area contributed by atoms with Crippen molar-refractivity contribution in [3.8, 4) is 0 Å². The van der Waals surface area contributed by atoms with Crippen molar-refractivity contribution in [1.29, 1.82) is 0 Å². The molecule has 1 N–H and O–H groups in total. The first-order chi connectivity index (χ1) is 12.2. The molecule has 1 aromatic rings. The highest BCUT2D eigenvalue weighted by Crippen LogP contribution is 2.17.